The Kier molecular flexibility index (Phi) is 3.82. The zero-order valence-corrected chi connectivity index (χ0v) is 6.33. The molecule has 9 heavy (non-hydrogen) atoms. The van der Waals surface area contributed by atoms with E-state index >= 15 is 0 Å². The number of rotatable bonds is 1. The van der Waals surface area contributed by atoms with Crippen molar-refractivity contribution in [2.24, 2.45) is 0 Å². The lowest BCUT2D eigenvalue weighted by Crippen LogP contribution is -2.19. The lowest BCUT2D eigenvalue weighted by molar-refractivity contribution is -0.116. The molecule has 1 N–H and O–H groups in total. The average molecular weight is 150 g/mol. The number of ketones is 1. The highest BCUT2D eigenvalue weighted by molar-refractivity contribution is 5.85. The first-order valence-electron chi connectivity index (χ1n) is 3.08. The molecule has 1 heterocycles. The average Bonchev–Trinajstić information content (AvgIpc) is 2.14. The third kappa shape index (κ3) is 2.33. The molecule has 0 radical (unpaired) electrons. The molecule has 1 aliphatic heterocycles. The number of halogens is 1. The molecule has 1 aliphatic rings. The number of Topliss-reactive ketones (excluding diaryl/α,β-unsaturated/α-hetero) is 1. The summed E-state index contributed by atoms with van der Waals surface area (Å²) in [6, 6.07) is 0.475. The molecule has 0 aromatic heterocycles. The smallest absolute Gasteiger partial charge is 0.148 e. The molecule has 1 atom stereocenters. The fraction of sp³-hybridized carbons (Fsp3) is 0.833. The van der Waals surface area contributed by atoms with E-state index in [1.165, 1.54) is 0 Å². The van der Waals surface area contributed by atoms with Crippen LogP contribution in [-0.4, -0.2) is 18.4 Å². The third-order valence-electron chi connectivity index (χ3n) is 1.55. The van der Waals surface area contributed by atoms with Crippen LogP contribution in [0.3, 0.4) is 0 Å². The van der Waals surface area contributed by atoms with Gasteiger partial charge in [0.1, 0.15) is 5.78 Å². The second-order valence-electron chi connectivity index (χ2n) is 2.23. The van der Waals surface area contributed by atoms with E-state index in [1.807, 2.05) is 0 Å². The highest BCUT2D eigenvalue weighted by Gasteiger charge is 2.18. The molecule has 0 bridgehead atoms. The van der Waals surface area contributed by atoms with Gasteiger partial charge in [-0.1, -0.05) is 6.92 Å². The fourth-order valence-corrected chi connectivity index (χ4v) is 0.966. The Labute approximate surface area is 61.4 Å². The van der Waals surface area contributed by atoms with E-state index in [0.29, 0.717) is 18.4 Å². The number of hydrogen-bond donors (Lipinski definition) is 1. The molecule has 0 aromatic rings. The van der Waals surface area contributed by atoms with E-state index in [-0.39, 0.29) is 12.4 Å². The number of carbonyl (C=O) groups excluding carboxylic acids is 1. The predicted octanol–water partition coefficient (Wildman–Crippen LogP) is 0.749. The van der Waals surface area contributed by atoms with Crippen LogP contribution in [0.15, 0.2) is 0 Å². The van der Waals surface area contributed by atoms with E-state index < -0.39 is 0 Å². The molecule has 0 saturated carbocycles. The van der Waals surface area contributed by atoms with Crippen LogP contribution in [0.2, 0.25) is 0 Å². The molecule has 0 amide bonds. The summed E-state index contributed by atoms with van der Waals surface area (Å²) in [5, 5.41) is 3.11. The van der Waals surface area contributed by atoms with Crippen molar-refractivity contribution in [2.75, 3.05) is 6.54 Å². The third-order valence-corrected chi connectivity index (χ3v) is 1.55. The van der Waals surface area contributed by atoms with Crippen molar-refractivity contribution < 1.29 is 4.79 Å². The van der Waals surface area contributed by atoms with Crippen LogP contribution in [0.4, 0.5) is 0 Å². The molecule has 1 rings (SSSR count). The Bertz CT molecular complexity index is 105. The van der Waals surface area contributed by atoms with E-state index in [0.717, 1.165) is 12.8 Å². The number of nitrogens with one attached hydrogen (secondary N) is 1. The van der Waals surface area contributed by atoms with Crippen LogP contribution in [0.5, 0.6) is 0 Å². The van der Waals surface area contributed by atoms with Crippen LogP contribution >= 0.6 is 12.4 Å². The molecule has 2 nitrogen and oxygen atoms in total. The largest absolute Gasteiger partial charge is 0.307 e. The van der Waals surface area contributed by atoms with Gasteiger partial charge in [0.15, 0.2) is 0 Å². The normalized spacial score (nSPS) is 25.9. The first kappa shape index (κ1) is 8.92. The summed E-state index contributed by atoms with van der Waals surface area (Å²) in [6.45, 7) is 2.69. The molecule has 0 aromatic carbocycles. The second-order valence-corrected chi connectivity index (χ2v) is 2.23. The van der Waals surface area contributed by atoms with Crippen LogP contribution in [0.25, 0.3) is 0 Å². The standard InChI is InChI=1S/C6H11NO.ClH/c1-2-5-3-6(8)4-7-5;/h5,7H,2-4H2,1H3;1H. The van der Waals surface area contributed by atoms with Gasteiger partial charge < -0.3 is 5.32 Å². The first-order valence-corrected chi connectivity index (χ1v) is 3.08. The van der Waals surface area contributed by atoms with Gasteiger partial charge in [-0.05, 0) is 6.42 Å². The topological polar surface area (TPSA) is 29.1 Å². The lowest BCUT2D eigenvalue weighted by Gasteiger charge is -2.00. The van der Waals surface area contributed by atoms with Crippen LogP contribution in [0.1, 0.15) is 19.8 Å². The van der Waals surface area contributed by atoms with Crippen LogP contribution in [0, 0.1) is 0 Å². The van der Waals surface area contributed by atoms with Crippen molar-refractivity contribution in [1.29, 1.82) is 0 Å². The SMILES string of the molecule is CCC1CC(=O)CN1.Cl. The fourth-order valence-electron chi connectivity index (χ4n) is 0.966. The summed E-state index contributed by atoms with van der Waals surface area (Å²) in [5.74, 6) is 0.358. The number of carbonyl (C=O) groups is 1. The van der Waals surface area contributed by atoms with Crippen molar-refractivity contribution in [3.8, 4) is 0 Å². The Balaban J connectivity index is 0.000000640. The summed E-state index contributed by atoms with van der Waals surface area (Å²) >= 11 is 0. The van der Waals surface area contributed by atoms with E-state index in [2.05, 4.69) is 12.2 Å². The summed E-state index contributed by atoms with van der Waals surface area (Å²) in [5.41, 5.74) is 0. The Hall–Kier alpha value is -0.0800. The monoisotopic (exact) mass is 149 g/mol. The highest BCUT2D eigenvalue weighted by atomic mass is 35.5. The molecule has 3 heteroatoms. The second kappa shape index (κ2) is 3.85. The van der Waals surface area contributed by atoms with Gasteiger partial charge in [-0.25, -0.2) is 0 Å². The van der Waals surface area contributed by atoms with Crippen LogP contribution in [-0.2, 0) is 4.79 Å². The quantitative estimate of drug-likeness (QED) is 0.596. The molecule has 1 unspecified atom stereocenters. The van der Waals surface area contributed by atoms with Gasteiger partial charge >= 0.3 is 0 Å². The van der Waals surface area contributed by atoms with Crippen molar-refractivity contribution in [2.45, 2.75) is 25.8 Å². The Morgan fingerprint density at radius 1 is 1.78 bits per heavy atom. The van der Waals surface area contributed by atoms with Gasteiger partial charge in [-0.3, -0.25) is 4.79 Å². The van der Waals surface area contributed by atoms with Crippen molar-refractivity contribution in [3.05, 3.63) is 0 Å². The number of hydrogen-bond acceptors (Lipinski definition) is 2. The molecule has 0 spiro atoms. The van der Waals surface area contributed by atoms with Gasteiger partial charge in [0, 0.05) is 12.5 Å². The minimum Gasteiger partial charge on any atom is -0.307 e. The molecule has 0 aliphatic carbocycles. The summed E-state index contributed by atoms with van der Waals surface area (Å²) in [4.78, 5) is 10.5. The highest BCUT2D eigenvalue weighted by Crippen LogP contribution is 2.03. The van der Waals surface area contributed by atoms with Gasteiger partial charge in [0.25, 0.3) is 0 Å². The van der Waals surface area contributed by atoms with Gasteiger partial charge in [-0.2, -0.15) is 0 Å². The van der Waals surface area contributed by atoms with Gasteiger partial charge in [-0.15, -0.1) is 12.4 Å². The summed E-state index contributed by atoms with van der Waals surface area (Å²) < 4.78 is 0. The summed E-state index contributed by atoms with van der Waals surface area (Å²) in [6.07, 6.45) is 1.82. The van der Waals surface area contributed by atoms with Crippen molar-refractivity contribution >= 4 is 18.2 Å². The molecule has 1 fully saturated rings. The zero-order chi connectivity index (χ0) is 5.98. The molecular formula is C6H12ClNO. The van der Waals surface area contributed by atoms with E-state index in [1.54, 1.807) is 0 Å². The predicted molar refractivity (Wildman–Crippen MR) is 39.0 cm³/mol. The molecule has 54 valence electrons. The van der Waals surface area contributed by atoms with Crippen molar-refractivity contribution in [3.63, 3.8) is 0 Å². The molecule has 1 saturated heterocycles. The van der Waals surface area contributed by atoms with Gasteiger partial charge in [0.2, 0.25) is 0 Å². The van der Waals surface area contributed by atoms with Gasteiger partial charge in [0.05, 0.1) is 6.54 Å². The maximum atomic E-state index is 10.5. The Morgan fingerprint density at radius 2 is 2.44 bits per heavy atom. The minimum absolute atomic E-state index is 0. The Morgan fingerprint density at radius 3 is 2.67 bits per heavy atom. The summed E-state index contributed by atoms with van der Waals surface area (Å²) in [7, 11) is 0. The zero-order valence-electron chi connectivity index (χ0n) is 5.52. The minimum atomic E-state index is 0. The lowest BCUT2D eigenvalue weighted by atomic mass is 10.2. The van der Waals surface area contributed by atoms with E-state index in [9.17, 15) is 4.79 Å². The first-order chi connectivity index (χ1) is 3.83. The molecular weight excluding hydrogens is 138 g/mol. The van der Waals surface area contributed by atoms with E-state index in [4.69, 9.17) is 0 Å². The maximum absolute atomic E-state index is 10.5. The van der Waals surface area contributed by atoms with Crippen molar-refractivity contribution in [1.82, 2.24) is 5.32 Å². The van der Waals surface area contributed by atoms with Crippen LogP contribution < -0.4 is 5.32 Å². The maximum Gasteiger partial charge on any atom is 0.148 e.